The summed E-state index contributed by atoms with van der Waals surface area (Å²) in [5.41, 5.74) is 12.2. The summed E-state index contributed by atoms with van der Waals surface area (Å²) in [4.78, 5) is 15.6. The summed E-state index contributed by atoms with van der Waals surface area (Å²) in [5, 5.41) is 4.49. The van der Waals surface area contributed by atoms with Crippen LogP contribution in [0.4, 0.5) is 0 Å². The molecule has 36 heavy (non-hydrogen) atoms. The van der Waals surface area contributed by atoms with Gasteiger partial charge in [-0.15, -0.1) is 0 Å². The maximum Gasteiger partial charge on any atom is 0.156 e. The summed E-state index contributed by atoms with van der Waals surface area (Å²) >= 11 is 0. The van der Waals surface area contributed by atoms with Crippen LogP contribution in [0.15, 0.2) is 41.8 Å². The molecule has 0 amide bonds. The van der Waals surface area contributed by atoms with E-state index in [1.54, 1.807) is 0 Å². The topological polar surface area (TPSA) is 69.2 Å². The average Bonchev–Trinajstić information content (AvgIpc) is 3.27. The number of nitrogens with zero attached hydrogens (tertiary/aromatic N) is 4. The highest BCUT2D eigenvalue weighted by Gasteiger charge is 2.15. The molecule has 0 aliphatic carbocycles. The number of hydrogen-bond acceptors (Lipinski definition) is 5. The monoisotopic (exact) mass is 486 g/mol. The summed E-state index contributed by atoms with van der Waals surface area (Å²) in [6, 6.07) is 6.79. The Balaban J connectivity index is 1.65. The summed E-state index contributed by atoms with van der Waals surface area (Å²) in [5.74, 6) is 0. The van der Waals surface area contributed by atoms with Gasteiger partial charge in [0.1, 0.15) is 5.52 Å². The van der Waals surface area contributed by atoms with Crippen molar-refractivity contribution in [2.45, 2.75) is 66.7 Å². The third-order valence-electron chi connectivity index (χ3n) is 7.03. The molecule has 192 valence electrons. The van der Waals surface area contributed by atoms with E-state index in [2.05, 4.69) is 79.3 Å². The molecule has 2 aromatic heterocycles. The number of nitrogens with one attached hydrogen (secondary N) is 2. The van der Waals surface area contributed by atoms with Crippen LogP contribution >= 0.6 is 0 Å². The number of H-pyrrole nitrogens is 1. The van der Waals surface area contributed by atoms with Crippen LogP contribution in [0.5, 0.6) is 0 Å². The second kappa shape index (κ2) is 11.8. The zero-order chi connectivity index (χ0) is 25.5. The Labute approximate surface area is 216 Å². The number of aromatic nitrogens is 3. The van der Waals surface area contributed by atoms with Crippen LogP contribution in [-0.2, 0) is 12.8 Å². The number of aryl methyl sites for hydroxylation is 2. The molecule has 2 N–H and O–H groups in total. The maximum absolute atomic E-state index is 5.09. The number of allylic oxidation sites excluding steroid dienone is 1. The van der Waals surface area contributed by atoms with Crippen molar-refractivity contribution in [3.63, 3.8) is 0 Å². The van der Waals surface area contributed by atoms with E-state index >= 15 is 0 Å². The average molecular weight is 487 g/mol. The highest BCUT2D eigenvalue weighted by molar-refractivity contribution is 6.13. The lowest BCUT2D eigenvalue weighted by atomic mass is 9.87. The van der Waals surface area contributed by atoms with E-state index < -0.39 is 0 Å². The zero-order valence-electron chi connectivity index (χ0n) is 22.7. The van der Waals surface area contributed by atoms with Gasteiger partial charge in [0.25, 0.3) is 0 Å². The molecule has 1 aliphatic heterocycles. The molecule has 0 radical (unpaired) electrons. The third-order valence-corrected chi connectivity index (χ3v) is 7.03. The molecule has 4 rings (SSSR count). The van der Waals surface area contributed by atoms with Gasteiger partial charge >= 0.3 is 0 Å². The van der Waals surface area contributed by atoms with E-state index in [9.17, 15) is 0 Å². The fraction of sp³-hybridized carbons (Fsp3) is 0.500. The van der Waals surface area contributed by atoms with Gasteiger partial charge in [-0.1, -0.05) is 52.8 Å². The van der Waals surface area contributed by atoms with Crippen molar-refractivity contribution >= 4 is 23.0 Å². The molecule has 0 spiro atoms. The minimum Gasteiger partial charge on any atom is -0.344 e. The molecule has 6 nitrogen and oxygen atoms in total. The zero-order valence-corrected chi connectivity index (χ0v) is 22.7. The van der Waals surface area contributed by atoms with E-state index in [4.69, 9.17) is 9.97 Å². The van der Waals surface area contributed by atoms with Crippen LogP contribution in [0, 0.1) is 5.41 Å². The number of rotatable bonds is 6. The molecular formula is C30H42N6. The minimum atomic E-state index is 0.335. The lowest BCUT2D eigenvalue weighted by Gasteiger charge is -2.19. The van der Waals surface area contributed by atoms with Gasteiger partial charge in [0.2, 0.25) is 0 Å². The van der Waals surface area contributed by atoms with Crippen molar-refractivity contribution in [1.29, 1.82) is 0 Å². The molecule has 1 aliphatic rings. The Kier molecular flexibility index (Phi) is 8.57. The van der Waals surface area contributed by atoms with Gasteiger partial charge in [-0.25, -0.2) is 9.97 Å². The number of benzene rings is 1. The molecule has 0 atom stereocenters. The first-order valence-corrected chi connectivity index (χ1v) is 13.5. The van der Waals surface area contributed by atoms with Crippen molar-refractivity contribution in [2.75, 3.05) is 26.2 Å². The van der Waals surface area contributed by atoms with Gasteiger partial charge in [0.05, 0.1) is 18.1 Å². The Morgan fingerprint density at radius 1 is 1.08 bits per heavy atom. The Morgan fingerprint density at radius 3 is 2.72 bits per heavy atom. The molecule has 0 saturated heterocycles. The van der Waals surface area contributed by atoms with E-state index in [1.165, 1.54) is 17.5 Å². The van der Waals surface area contributed by atoms with Gasteiger partial charge in [-0.3, -0.25) is 0 Å². The molecule has 6 heteroatoms. The van der Waals surface area contributed by atoms with Gasteiger partial charge < -0.3 is 15.3 Å². The van der Waals surface area contributed by atoms with Crippen molar-refractivity contribution in [1.82, 2.24) is 25.3 Å². The summed E-state index contributed by atoms with van der Waals surface area (Å²) in [6.45, 7) is 15.5. The van der Waals surface area contributed by atoms with Crippen LogP contribution in [0.2, 0.25) is 0 Å². The number of aromatic amines is 1. The smallest absolute Gasteiger partial charge is 0.156 e. The van der Waals surface area contributed by atoms with E-state index in [0.29, 0.717) is 5.41 Å². The summed E-state index contributed by atoms with van der Waals surface area (Å²) in [7, 11) is 0. The molecule has 3 aromatic rings. The largest absolute Gasteiger partial charge is 0.344 e. The predicted molar refractivity (Wildman–Crippen MR) is 152 cm³/mol. The fourth-order valence-corrected chi connectivity index (χ4v) is 4.74. The molecule has 1 aromatic carbocycles. The highest BCUT2D eigenvalue weighted by atomic mass is 15.3. The molecule has 0 unspecified atom stereocenters. The SMILES string of the molecule is CCc1cc(-c2cnc3[nH]cc(C4=CCCN(CC)CCCNN=C4)c3n2)ccc1CCC(C)(C)C. The highest BCUT2D eigenvalue weighted by Crippen LogP contribution is 2.28. The second-order valence-electron chi connectivity index (χ2n) is 11.0. The maximum atomic E-state index is 5.09. The van der Waals surface area contributed by atoms with Crippen LogP contribution in [-0.4, -0.2) is 52.2 Å². The van der Waals surface area contributed by atoms with Crippen molar-refractivity contribution in [3.8, 4) is 11.3 Å². The van der Waals surface area contributed by atoms with Crippen molar-refractivity contribution in [3.05, 3.63) is 53.4 Å². The van der Waals surface area contributed by atoms with Gasteiger partial charge in [0, 0.05) is 36.0 Å². The molecule has 3 heterocycles. The summed E-state index contributed by atoms with van der Waals surface area (Å²) in [6.07, 6.45) is 13.5. The third kappa shape index (κ3) is 6.61. The number of fused-ring (bicyclic) bond motifs is 1. The minimum absolute atomic E-state index is 0.335. The number of hydrogen-bond donors (Lipinski definition) is 2. The van der Waals surface area contributed by atoms with Crippen LogP contribution in [0.1, 0.15) is 70.6 Å². The van der Waals surface area contributed by atoms with Gasteiger partial charge in [-0.2, -0.15) is 5.10 Å². The van der Waals surface area contributed by atoms with E-state index in [0.717, 1.165) is 85.4 Å². The van der Waals surface area contributed by atoms with Crippen LogP contribution < -0.4 is 5.43 Å². The Morgan fingerprint density at radius 2 is 1.94 bits per heavy atom. The molecule has 0 fully saturated rings. The molecular weight excluding hydrogens is 444 g/mol. The first-order valence-electron chi connectivity index (χ1n) is 13.5. The van der Waals surface area contributed by atoms with Crippen LogP contribution in [0.3, 0.4) is 0 Å². The van der Waals surface area contributed by atoms with Gasteiger partial charge in [-0.05, 0) is 67.8 Å². The lowest BCUT2D eigenvalue weighted by Crippen LogP contribution is -2.27. The molecule has 0 saturated carbocycles. The first kappa shape index (κ1) is 26.1. The van der Waals surface area contributed by atoms with Gasteiger partial charge in [0.15, 0.2) is 5.65 Å². The van der Waals surface area contributed by atoms with E-state index in [1.807, 2.05) is 18.6 Å². The summed E-state index contributed by atoms with van der Waals surface area (Å²) < 4.78 is 0. The standard InChI is InChI=1S/C30H42N6/c1-6-22-18-24(12-11-23(22)13-14-30(3,4)5)27-21-32-29-28(35-27)26(20-31-29)25-10-8-16-36(7-2)17-9-15-33-34-19-25/h10-12,18-21,33H,6-9,13-17H2,1-5H3,(H,31,32). The van der Waals surface area contributed by atoms with Crippen molar-refractivity contribution < 1.29 is 0 Å². The molecule has 0 bridgehead atoms. The lowest BCUT2D eigenvalue weighted by molar-refractivity contribution is 0.289. The Bertz CT molecular complexity index is 1210. The van der Waals surface area contributed by atoms with E-state index in [-0.39, 0.29) is 0 Å². The number of hydrazone groups is 1. The predicted octanol–water partition coefficient (Wildman–Crippen LogP) is 6.24. The fourth-order valence-electron chi connectivity index (χ4n) is 4.74. The quantitative estimate of drug-likeness (QED) is 0.433. The van der Waals surface area contributed by atoms with Crippen molar-refractivity contribution in [2.24, 2.45) is 10.5 Å². The normalized spacial score (nSPS) is 16.0. The second-order valence-corrected chi connectivity index (χ2v) is 11.0. The van der Waals surface area contributed by atoms with Crippen LogP contribution in [0.25, 0.3) is 28.0 Å². The first-order chi connectivity index (χ1) is 17.4. The Hall–Kier alpha value is -2.99.